The molecule has 4 aliphatic carbocycles. The predicted molar refractivity (Wildman–Crippen MR) is 400 cm³/mol. The summed E-state index contributed by atoms with van der Waals surface area (Å²) in [6.45, 7) is 19.4. The summed E-state index contributed by atoms with van der Waals surface area (Å²) >= 11 is 1.39. The van der Waals surface area contributed by atoms with E-state index in [1.165, 1.54) is 31.5 Å². The maximum Gasteiger partial charge on any atom is 0.350 e. The Kier molecular flexibility index (Phi) is 33.8. The van der Waals surface area contributed by atoms with Gasteiger partial charge in [0, 0.05) is 46.0 Å². The van der Waals surface area contributed by atoms with Crippen molar-refractivity contribution < 1.29 is 116 Å². The van der Waals surface area contributed by atoms with Gasteiger partial charge in [-0.1, -0.05) is 104 Å². The number of carbonyl (C=O) groups excluding carboxylic acids is 5. The van der Waals surface area contributed by atoms with Crippen molar-refractivity contribution in [3.63, 3.8) is 0 Å². The van der Waals surface area contributed by atoms with Crippen LogP contribution in [0.3, 0.4) is 0 Å². The molecule has 3 saturated carbocycles. The molecule has 109 heavy (non-hydrogen) atoms. The number of dihydropyridines is 1. The van der Waals surface area contributed by atoms with Crippen LogP contribution in [0.15, 0.2) is 65.0 Å². The number of carboxylic acid groups (broad SMARTS) is 3. The number of aliphatic hydroxyl groups is 3. The van der Waals surface area contributed by atoms with Crippen LogP contribution in [0.2, 0.25) is 0 Å². The number of hydrogen-bond acceptors (Lipinski definition) is 25. The van der Waals surface area contributed by atoms with E-state index in [1.807, 2.05) is 53.7 Å². The van der Waals surface area contributed by atoms with Crippen LogP contribution in [0.25, 0.3) is 11.2 Å². The number of allylic oxidation sites excluding steroid dienone is 6. The number of benzene rings is 1. The number of fused-ring (bicyclic) bond motifs is 9. The lowest BCUT2D eigenvalue weighted by Gasteiger charge is -2.59. The summed E-state index contributed by atoms with van der Waals surface area (Å²) in [5.41, 5.74) is 13.5. The van der Waals surface area contributed by atoms with Crippen molar-refractivity contribution in [2.45, 2.75) is 233 Å². The first-order chi connectivity index (χ1) is 51.5. The van der Waals surface area contributed by atoms with Gasteiger partial charge in [-0.3, -0.25) is 28.5 Å². The lowest BCUT2D eigenvalue weighted by atomic mass is 9.46. The molecule has 1 amide bonds. The lowest BCUT2D eigenvalue weighted by molar-refractivity contribution is -0.312. The third-order valence-electron chi connectivity index (χ3n) is 21.5. The van der Waals surface area contributed by atoms with Crippen molar-refractivity contribution in [1.82, 2.24) is 19.5 Å². The quantitative estimate of drug-likeness (QED) is 0.0194. The Balaban J connectivity index is 0.000000214. The number of hydrogen-bond donors (Lipinski definition) is 10. The molecular weight excluding hydrogens is 1460 g/mol. The van der Waals surface area contributed by atoms with E-state index in [2.05, 4.69) is 40.7 Å². The molecule has 0 radical (unpaired) electrons. The van der Waals surface area contributed by atoms with Crippen LogP contribution in [0.5, 0.6) is 11.5 Å². The molecule has 33 heteroatoms. The maximum absolute atomic E-state index is 13.2. The van der Waals surface area contributed by atoms with Gasteiger partial charge in [0.25, 0.3) is 5.91 Å². The SMILES string of the molecule is CCCC(CCC)C(=O)O.CCCC(CCC)C(=O)[O-].CCC[C@@H]1O[C@@H]2C[C@H]3[C@@H]4CCC5=CC(=O)C=C[C@]5(C)[C@H]4[C@@H](O)C[C@]3(C)[C@]2(C(=O)CO)O1.COc1c(C)c2c(c(O)c1C/C=C(\C)CCC(=O)O)C(=O)OC2.C[C@H](Cn1cnc2c(N)ncnc21)OCP(=O)(O)O.NC1=NC(=O)C([C@@H]2CS[C@H](CO)O2)C=C1F. The molecule has 30 nitrogen and oxygen atoms in total. The minimum Gasteiger partial charge on any atom is -0.550 e. The zero-order chi connectivity index (χ0) is 81.0. The predicted octanol–water partition coefficient (Wildman–Crippen LogP) is 8.44. The molecule has 606 valence electrons. The average molecular weight is 1570 g/mol. The van der Waals surface area contributed by atoms with Crippen LogP contribution in [-0.4, -0.2) is 181 Å². The number of aromatic hydroxyl groups is 1. The molecule has 0 bridgehead atoms. The first-order valence-electron chi connectivity index (χ1n) is 37.2. The molecule has 2 aromatic heterocycles. The summed E-state index contributed by atoms with van der Waals surface area (Å²) in [6, 6.07) is 0. The molecule has 1 unspecified atom stereocenters. The molecule has 11 rings (SSSR count). The second-order valence-corrected chi connectivity index (χ2v) is 31.9. The Labute approximate surface area is 638 Å². The number of aliphatic hydroxyl groups excluding tert-OH is 3. The molecule has 5 fully saturated rings. The van der Waals surface area contributed by atoms with Gasteiger partial charge in [-0.05, 0) is 133 Å². The number of rotatable bonds is 27. The first-order valence-corrected chi connectivity index (χ1v) is 40.0. The van der Waals surface area contributed by atoms with Gasteiger partial charge in [0.1, 0.15) is 53.9 Å². The third kappa shape index (κ3) is 22.1. The highest BCUT2D eigenvalue weighted by molar-refractivity contribution is 8.00. The summed E-state index contributed by atoms with van der Waals surface area (Å²) in [5.74, 6) is -4.28. The Bertz CT molecular complexity index is 3880. The smallest absolute Gasteiger partial charge is 0.350 e. The molecule has 13 atom stereocenters. The highest BCUT2D eigenvalue weighted by Crippen LogP contribution is 2.70. The number of methoxy groups -OCH3 is 1. The minimum atomic E-state index is -4.16. The molecule has 12 N–H and O–H groups in total. The number of anilines is 1. The summed E-state index contributed by atoms with van der Waals surface area (Å²) in [5, 5.41) is 68.4. The van der Waals surface area contributed by atoms with Crippen molar-refractivity contribution in [2.24, 2.45) is 57.1 Å². The van der Waals surface area contributed by atoms with Gasteiger partial charge in [0.05, 0.1) is 62.8 Å². The van der Waals surface area contributed by atoms with Gasteiger partial charge in [-0.15, -0.1) is 11.8 Å². The van der Waals surface area contributed by atoms with E-state index in [-0.39, 0.29) is 94.6 Å². The number of halogens is 1. The van der Waals surface area contributed by atoms with E-state index in [0.29, 0.717) is 72.4 Å². The van der Waals surface area contributed by atoms with E-state index in [9.17, 15) is 62.9 Å². The summed E-state index contributed by atoms with van der Waals surface area (Å²) in [6.07, 6.45) is 20.5. The number of carboxylic acids is 3. The number of phenols is 1. The van der Waals surface area contributed by atoms with Crippen molar-refractivity contribution in [2.75, 3.05) is 38.2 Å². The van der Waals surface area contributed by atoms with Gasteiger partial charge < -0.3 is 94.8 Å². The Morgan fingerprint density at radius 2 is 1.61 bits per heavy atom. The lowest BCUT2D eigenvalue weighted by Crippen LogP contribution is -2.63. The van der Waals surface area contributed by atoms with Crippen LogP contribution >= 0.6 is 19.4 Å². The number of amides is 1. The molecule has 1 aromatic carbocycles. The van der Waals surface area contributed by atoms with E-state index >= 15 is 0 Å². The molecule has 2 saturated heterocycles. The number of ketones is 2. The zero-order valence-corrected chi connectivity index (χ0v) is 65.8. The van der Waals surface area contributed by atoms with Crippen LogP contribution in [-0.2, 0) is 76.6 Å². The van der Waals surface area contributed by atoms with Crippen molar-refractivity contribution in [1.29, 1.82) is 0 Å². The van der Waals surface area contributed by atoms with Gasteiger partial charge in [0.2, 0.25) is 0 Å². The van der Waals surface area contributed by atoms with Gasteiger partial charge in [-0.2, -0.15) is 4.99 Å². The first kappa shape index (κ1) is 90.5. The molecule has 3 aromatic rings. The number of nitrogens with zero attached hydrogens (tertiary/aromatic N) is 5. The second-order valence-electron chi connectivity index (χ2n) is 29.1. The summed E-state index contributed by atoms with van der Waals surface area (Å²) in [4.78, 5) is 113. The number of nitrogens with two attached hydrogens (primary N) is 2. The number of phenolic OH excluding ortho intramolecular Hbond substituents is 1. The highest BCUT2D eigenvalue weighted by Gasteiger charge is 2.75. The van der Waals surface area contributed by atoms with E-state index in [1.54, 1.807) is 23.6 Å². The molecule has 8 aliphatic rings. The number of carbonyl (C=O) groups is 7. The van der Waals surface area contributed by atoms with Crippen LogP contribution < -0.4 is 21.3 Å². The fourth-order valence-electron chi connectivity index (χ4n) is 16.2. The molecule has 0 spiro atoms. The van der Waals surface area contributed by atoms with Gasteiger partial charge >= 0.3 is 25.5 Å². The van der Waals surface area contributed by atoms with Crippen molar-refractivity contribution >= 4 is 83.5 Å². The van der Waals surface area contributed by atoms with Crippen molar-refractivity contribution in [3.05, 3.63) is 82.3 Å². The van der Waals surface area contributed by atoms with Crippen LogP contribution in [0.4, 0.5) is 10.2 Å². The molecule has 4 aliphatic heterocycles. The Hall–Kier alpha value is -7.36. The molecule has 6 heterocycles. The standard InChI is InChI=1S/C25H34O6.C17H20O6.C9H11FN2O3S.C9H14N5O4P.2C8H16O2/c1-4-5-21-30-20-11-17-16-7-6-14-10-15(27)8-9-23(14,2)22(16)18(28)12-24(17,3)25(20,31-21)19(29)13-26;1-9(5-7-13(18)19)4-6-11-15(20)14-12(8-23-17(14)21)10(2)16(11)22-3;10-5-1-4(9(14)12-8(5)11)6-3-16-7(2-13)15-6;1-6(18-5-19(15,16)17)2-14-4-13-7-8(10)11-3-12-9(7)14;2*1-3-5-7(6-4-2)8(9)10/h8-10,16-18,20-22,26,28H,4-7,11-13H2,1-3H3;4,20H,5-8H2,1-3H3,(H,18,19);1,4,6-7,13H,2-3H2,(H2,11,12,14);3-4,6H,2,5H2,1H3,(H2,10,11,12)(H2,15,16,17);2*7H,3-6H2,1-2H3,(H,9,10)/p-1/b;9-4+;;;;/t16-,17-,18-,20+,21+,22+,23-,24-,25+;;4?,6-,7+;6-;;/m0.01../s1. The summed E-state index contributed by atoms with van der Waals surface area (Å²) in [7, 11) is -2.65. The number of imidazole rings is 1. The Morgan fingerprint density at radius 1 is 0.954 bits per heavy atom. The number of amidine groups is 1. The maximum atomic E-state index is 13.2. The number of cyclic esters (lactones) is 1. The average Bonchev–Trinajstić information content (AvgIpc) is 1.53. The van der Waals surface area contributed by atoms with E-state index < -0.39 is 104 Å². The number of aliphatic imine (C=N–C) groups is 1. The second kappa shape index (κ2) is 40.7. The largest absolute Gasteiger partial charge is 0.550 e. The number of nitrogen functional groups attached to an aromatic ring is 1. The van der Waals surface area contributed by atoms with Crippen LogP contribution in [0, 0.1) is 53.3 Å². The number of ether oxygens (including phenoxy) is 6. The highest BCUT2D eigenvalue weighted by atomic mass is 32.2. The number of thioether (sulfide) groups is 1. The van der Waals surface area contributed by atoms with E-state index in [4.69, 9.17) is 65.0 Å². The monoisotopic (exact) mass is 1570 g/mol. The van der Waals surface area contributed by atoms with Gasteiger partial charge in [0.15, 0.2) is 46.6 Å². The van der Waals surface area contributed by atoms with Crippen LogP contribution in [0.1, 0.15) is 192 Å². The van der Waals surface area contributed by atoms with E-state index in [0.717, 1.165) is 93.4 Å². The molecular formula is C76H110FN7O23PS-. The summed E-state index contributed by atoms with van der Waals surface area (Å²) < 4.78 is 59.1. The fourth-order valence-corrected chi connectivity index (χ4v) is 17.6. The number of aliphatic carboxylic acids is 3. The zero-order valence-electron chi connectivity index (χ0n) is 64.1. The third-order valence-corrected chi connectivity index (χ3v) is 23.1. The minimum absolute atomic E-state index is 0.0125. The fraction of sp³-hybridized carbons (Fsp3) is 0.645. The Morgan fingerprint density at radius 3 is 2.19 bits per heavy atom. The van der Waals surface area contributed by atoms with Crippen molar-refractivity contribution in [3.8, 4) is 11.5 Å². The number of aromatic nitrogens is 4. The topological polar surface area (TPSA) is 485 Å². The number of Topliss-reactive ketones (excluding diaryl/α,β-unsaturated/α-hetero) is 1. The number of esters is 1. The normalized spacial score (nSPS) is 26.6. The van der Waals surface area contributed by atoms with Gasteiger partial charge in [-0.25, -0.2) is 24.1 Å².